The standard InChI is InChI=1S/C12H7N2S.BF4/c13-8-9-4-5-12-10(7-9)11-3-1-2-6-14(11)15-12;2-1(3,4)5/h1-7H;/q+1;-1. The molecule has 0 aliphatic heterocycles. The van der Waals surface area contributed by atoms with E-state index in [1.807, 2.05) is 36.5 Å². The van der Waals surface area contributed by atoms with Crippen LogP contribution in [0.4, 0.5) is 17.3 Å². The van der Waals surface area contributed by atoms with E-state index in [1.165, 1.54) is 4.70 Å². The molecule has 102 valence electrons. The third kappa shape index (κ3) is 3.45. The van der Waals surface area contributed by atoms with Crippen molar-refractivity contribution in [3.8, 4) is 6.07 Å². The molecule has 0 amide bonds. The number of aromatic nitrogens is 1. The first-order valence-corrected chi connectivity index (χ1v) is 6.27. The van der Waals surface area contributed by atoms with E-state index in [9.17, 15) is 17.3 Å². The summed E-state index contributed by atoms with van der Waals surface area (Å²) in [7, 11) is -6.00. The molecule has 0 fully saturated rings. The number of rotatable bonds is 0. The van der Waals surface area contributed by atoms with Crippen LogP contribution in [0.1, 0.15) is 5.56 Å². The van der Waals surface area contributed by atoms with Gasteiger partial charge in [-0.2, -0.15) is 5.26 Å². The van der Waals surface area contributed by atoms with Crippen LogP contribution in [0.5, 0.6) is 0 Å². The van der Waals surface area contributed by atoms with Crippen molar-refractivity contribution in [2.75, 3.05) is 0 Å². The summed E-state index contributed by atoms with van der Waals surface area (Å²) in [5, 5.41) is 10.0. The Morgan fingerprint density at radius 3 is 2.45 bits per heavy atom. The van der Waals surface area contributed by atoms with E-state index in [0.717, 1.165) is 10.9 Å². The first-order valence-electron chi connectivity index (χ1n) is 5.49. The monoisotopic (exact) mass is 298 g/mol. The third-order valence-electron chi connectivity index (χ3n) is 2.41. The fraction of sp³-hybridized carbons (Fsp3) is 0. The lowest BCUT2D eigenvalue weighted by atomic mass is 10.1. The Labute approximate surface area is 115 Å². The Morgan fingerprint density at radius 1 is 1.10 bits per heavy atom. The molecule has 0 saturated heterocycles. The van der Waals surface area contributed by atoms with Gasteiger partial charge in [-0.25, -0.2) is 0 Å². The molecule has 0 unspecified atom stereocenters. The molecule has 0 bridgehead atoms. The van der Waals surface area contributed by atoms with Crippen molar-refractivity contribution in [3.63, 3.8) is 0 Å². The lowest BCUT2D eigenvalue weighted by Gasteiger charge is -1.94. The van der Waals surface area contributed by atoms with Gasteiger partial charge >= 0.3 is 7.25 Å². The van der Waals surface area contributed by atoms with Gasteiger partial charge in [0.2, 0.25) is 5.52 Å². The Morgan fingerprint density at radius 2 is 1.80 bits per heavy atom. The van der Waals surface area contributed by atoms with E-state index in [1.54, 1.807) is 11.5 Å². The smallest absolute Gasteiger partial charge is 0.418 e. The quantitative estimate of drug-likeness (QED) is 0.352. The Hall–Kier alpha value is -2.14. The first-order chi connectivity index (χ1) is 9.38. The van der Waals surface area contributed by atoms with Crippen molar-refractivity contribution in [2.24, 2.45) is 0 Å². The van der Waals surface area contributed by atoms with E-state index in [0.29, 0.717) is 5.56 Å². The highest BCUT2D eigenvalue weighted by atomic mass is 32.1. The number of halogens is 4. The zero-order valence-electron chi connectivity index (χ0n) is 9.93. The SMILES string of the molecule is F[B-](F)(F)F.N#Cc1ccc2s[n+]3ccccc3c2c1. The molecule has 3 rings (SSSR count). The summed E-state index contributed by atoms with van der Waals surface area (Å²) in [4.78, 5) is 0. The average Bonchev–Trinajstić information content (AvgIpc) is 2.74. The lowest BCUT2D eigenvalue weighted by molar-refractivity contribution is -0.430. The topological polar surface area (TPSA) is 27.9 Å². The Bertz CT molecular complexity index is 785. The molecule has 2 nitrogen and oxygen atoms in total. The maximum absolute atomic E-state index is 9.75. The fourth-order valence-electron chi connectivity index (χ4n) is 1.70. The molecule has 0 atom stereocenters. The third-order valence-corrected chi connectivity index (χ3v) is 3.47. The summed E-state index contributed by atoms with van der Waals surface area (Å²) in [5.41, 5.74) is 1.88. The van der Waals surface area contributed by atoms with Crippen molar-refractivity contribution < 1.29 is 21.1 Å². The second-order valence-electron chi connectivity index (χ2n) is 3.82. The van der Waals surface area contributed by atoms with Gasteiger partial charge in [-0.05, 0) is 24.3 Å². The molecule has 2 heterocycles. The molecule has 0 aliphatic carbocycles. The van der Waals surface area contributed by atoms with Crippen LogP contribution in [0, 0.1) is 11.3 Å². The van der Waals surface area contributed by atoms with Gasteiger partial charge in [-0.1, -0.05) is 0 Å². The molecular weight excluding hydrogens is 291 g/mol. The summed E-state index contributed by atoms with van der Waals surface area (Å²) in [6, 6.07) is 14.1. The minimum atomic E-state index is -6.00. The number of fused-ring (bicyclic) bond motifs is 3. The van der Waals surface area contributed by atoms with Crippen LogP contribution in [0.3, 0.4) is 0 Å². The molecule has 3 aromatic rings. The number of benzene rings is 1. The summed E-state index contributed by atoms with van der Waals surface area (Å²) in [6.07, 6.45) is 2.03. The van der Waals surface area contributed by atoms with E-state index in [2.05, 4.69) is 15.9 Å². The zero-order chi connectivity index (χ0) is 14.8. The molecule has 20 heavy (non-hydrogen) atoms. The maximum atomic E-state index is 9.75. The summed E-state index contributed by atoms with van der Waals surface area (Å²) < 4.78 is 42.3. The average molecular weight is 298 g/mol. The zero-order valence-corrected chi connectivity index (χ0v) is 10.7. The van der Waals surface area contributed by atoms with Gasteiger partial charge in [-0.3, -0.25) is 0 Å². The molecule has 0 aliphatic rings. The Kier molecular flexibility index (Phi) is 3.90. The van der Waals surface area contributed by atoms with E-state index in [4.69, 9.17) is 5.26 Å². The second-order valence-corrected chi connectivity index (χ2v) is 4.84. The van der Waals surface area contributed by atoms with Crippen LogP contribution >= 0.6 is 11.5 Å². The normalized spacial score (nSPS) is 10.9. The molecule has 2 aromatic heterocycles. The molecular formula is C12H7BF4N2S. The van der Waals surface area contributed by atoms with Crippen LogP contribution in [0.2, 0.25) is 0 Å². The van der Waals surface area contributed by atoms with Gasteiger partial charge < -0.3 is 17.3 Å². The van der Waals surface area contributed by atoms with Crippen LogP contribution in [0.25, 0.3) is 15.6 Å². The summed E-state index contributed by atoms with van der Waals surface area (Å²) in [5.74, 6) is 0. The van der Waals surface area contributed by atoms with E-state index in [-0.39, 0.29) is 0 Å². The minimum Gasteiger partial charge on any atom is -0.418 e. The largest absolute Gasteiger partial charge is 0.673 e. The predicted octanol–water partition coefficient (Wildman–Crippen LogP) is 3.81. The summed E-state index contributed by atoms with van der Waals surface area (Å²) >= 11 is 1.69. The highest BCUT2D eigenvalue weighted by Gasteiger charge is 2.20. The Balaban J connectivity index is 0.000000257. The first kappa shape index (κ1) is 14.3. The molecule has 0 saturated carbocycles. The summed E-state index contributed by atoms with van der Waals surface area (Å²) in [6.45, 7) is 0. The number of pyridine rings is 1. The minimum absolute atomic E-state index is 0.714. The van der Waals surface area contributed by atoms with Gasteiger partial charge in [0.05, 0.1) is 17.0 Å². The van der Waals surface area contributed by atoms with E-state index < -0.39 is 7.25 Å². The number of hydrogen-bond acceptors (Lipinski definition) is 2. The van der Waals surface area contributed by atoms with Crippen LogP contribution in [-0.2, 0) is 0 Å². The van der Waals surface area contributed by atoms with Gasteiger partial charge in [0.25, 0.3) is 0 Å². The number of nitrogens with zero attached hydrogens (tertiary/aromatic N) is 2. The van der Waals surface area contributed by atoms with Gasteiger partial charge in [-0.15, -0.1) is 3.79 Å². The fourth-order valence-corrected chi connectivity index (χ4v) is 2.69. The molecule has 0 spiro atoms. The lowest BCUT2D eigenvalue weighted by Crippen LogP contribution is -2.12. The van der Waals surface area contributed by atoms with Crippen molar-refractivity contribution >= 4 is 34.4 Å². The number of hydrogen-bond donors (Lipinski definition) is 0. The van der Waals surface area contributed by atoms with Gasteiger partial charge in [0, 0.05) is 12.1 Å². The predicted molar refractivity (Wildman–Crippen MR) is 69.9 cm³/mol. The van der Waals surface area contributed by atoms with Gasteiger partial charge in [0.15, 0.2) is 6.20 Å². The second kappa shape index (κ2) is 5.47. The highest BCUT2D eigenvalue weighted by Crippen LogP contribution is 2.22. The van der Waals surface area contributed by atoms with Crippen LogP contribution < -0.4 is 3.79 Å². The van der Waals surface area contributed by atoms with Crippen LogP contribution in [-0.4, -0.2) is 7.25 Å². The highest BCUT2D eigenvalue weighted by molar-refractivity contribution is 7.10. The van der Waals surface area contributed by atoms with Gasteiger partial charge in [0.1, 0.15) is 16.2 Å². The molecule has 0 radical (unpaired) electrons. The van der Waals surface area contributed by atoms with Crippen molar-refractivity contribution in [2.45, 2.75) is 0 Å². The molecule has 8 heteroatoms. The van der Waals surface area contributed by atoms with Crippen molar-refractivity contribution in [3.05, 3.63) is 48.2 Å². The number of nitriles is 1. The van der Waals surface area contributed by atoms with Crippen molar-refractivity contribution in [1.29, 1.82) is 5.26 Å². The van der Waals surface area contributed by atoms with Crippen LogP contribution in [0.15, 0.2) is 42.6 Å². The maximum Gasteiger partial charge on any atom is 0.673 e. The molecule has 1 aromatic carbocycles. The van der Waals surface area contributed by atoms with Crippen molar-refractivity contribution in [1.82, 2.24) is 0 Å². The molecule has 0 N–H and O–H groups in total. The van der Waals surface area contributed by atoms with E-state index >= 15 is 0 Å².